The summed E-state index contributed by atoms with van der Waals surface area (Å²) in [5.41, 5.74) is 4.98. The van der Waals surface area contributed by atoms with E-state index in [1.807, 2.05) is 109 Å². The van der Waals surface area contributed by atoms with Crippen LogP contribution in [-0.4, -0.2) is 14.2 Å². The number of benzene rings is 4. The van der Waals surface area contributed by atoms with E-state index in [1.165, 1.54) is 0 Å². The Morgan fingerprint density at radius 1 is 0.567 bits per heavy atom. The van der Waals surface area contributed by atoms with Crippen molar-refractivity contribution in [3.8, 4) is 11.1 Å². The van der Waals surface area contributed by atoms with Gasteiger partial charge in [0.1, 0.15) is 0 Å². The summed E-state index contributed by atoms with van der Waals surface area (Å²) in [6.07, 6.45) is 1.81. The molecule has 0 aliphatic carbocycles. The molecule has 0 aliphatic rings. The predicted molar refractivity (Wildman–Crippen MR) is 124 cm³/mol. The third-order valence-corrected chi connectivity index (χ3v) is 6.59. The molecule has 0 radical (unpaired) electrons. The van der Waals surface area contributed by atoms with Crippen LogP contribution in [-0.2, 0) is 9.84 Å². The summed E-state index contributed by atoms with van der Waals surface area (Å²) in [7, 11) is -3.45. The molecule has 0 amide bonds. The Morgan fingerprint density at radius 3 is 1.50 bits per heavy atom. The average Bonchev–Trinajstić information content (AvgIpc) is 2.81. The Labute approximate surface area is 178 Å². The second-order valence-electron chi connectivity index (χ2n) is 7.02. The summed E-state index contributed by atoms with van der Waals surface area (Å²) in [5, 5.41) is 0. The van der Waals surface area contributed by atoms with E-state index in [4.69, 9.17) is 0 Å². The van der Waals surface area contributed by atoms with E-state index in [0.29, 0.717) is 4.90 Å². The number of rotatable bonds is 6. The Morgan fingerprint density at radius 2 is 1.00 bits per heavy atom. The molecule has 0 fully saturated rings. The fraction of sp³-hybridized carbons (Fsp3) is 0.0370. The highest BCUT2D eigenvalue weighted by atomic mass is 32.2. The summed E-state index contributed by atoms with van der Waals surface area (Å²) < 4.78 is 26.0. The van der Waals surface area contributed by atoms with Gasteiger partial charge in [-0.15, -0.1) is 0 Å². The molecule has 4 aromatic carbocycles. The van der Waals surface area contributed by atoms with Gasteiger partial charge in [0.2, 0.25) is 0 Å². The maximum absolute atomic E-state index is 13.0. The summed E-state index contributed by atoms with van der Waals surface area (Å²) >= 11 is 0. The number of hydrogen-bond donors (Lipinski definition) is 0. The molecule has 0 spiro atoms. The largest absolute Gasteiger partial charge is 0.223 e. The molecular weight excluding hydrogens is 388 g/mol. The van der Waals surface area contributed by atoms with Gasteiger partial charge in [-0.1, -0.05) is 109 Å². The first-order valence-corrected chi connectivity index (χ1v) is 11.5. The highest BCUT2D eigenvalue weighted by molar-refractivity contribution is 7.91. The topological polar surface area (TPSA) is 34.1 Å². The van der Waals surface area contributed by atoms with Crippen molar-refractivity contribution in [3.05, 3.63) is 132 Å². The van der Waals surface area contributed by atoms with E-state index < -0.39 is 9.84 Å². The molecule has 3 heteroatoms. The van der Waals surface area contributed by atoms with Crippen LogP contribution in [0.2, 0.25) is 0 Å². The quantitative estimate of drug-likeness (QED) is 0.376. The van der Waals surface area contributed by atoms with E-state index in [0.717, 1.165) is 27.8 Å². The van der Waals surface area contributed by atoms with E-state index in [-0.39, 0.29) is 5.75 Å². The van der Waals surface area contributed by atoms with Crippen LogP contribution in [0.3, 0.4) is 0 Å². The van der Waals surface area contributed by atoms with E-state index in [1.54, 1.807) is 12.1 Å². The normalized spacial score (nSPS) is 11.1. The van der Waals surface area contributed by atoms with E-state index >= 15 is 0 Å². The Bertz CT molecular complexity index is 1190. The average molecular weight is 411 g/mol. The molecular formula is C27H22O2S. The first-order chi connectivity index (χ1) is 14.6. The van der Waals surface area contributed by atoms with Crippen LogP contribution in [0.25, 0.3) is 16.7 Å². The van der Waals surface area contributed by atoms with Crippen LogP contribution in [0.15, 0.2) is 126 Å². The summed E-state index contributed by atoms with van der Waals surface area (Å²) in [5.74, 6) is -0.0587. The second kappa shape index (κ2) is 8.93. The third kappa shape index (κ3) is 4.58. The fourth-order valence-electron chi connectivity index (χ4n) is 3.41. The Balaban J connectivity index is 1.63. The van der Waals surface area contributed by atoms with Gasteiger partial charge >= 0.3 is 0 Å². The molecule has 0 aliphatic heterocycles. The highest BCUT2D eigenvalue weighted by Crippen LogP contribution is 2.25. The van der Waals surface area contributed by atoms with Gasteiger partial charge in [0.25, 0.3) is 0 Å². The van der Waals surface area contributed by atoms with Gasteiger partial charge in [-0.2, -0.15) is 0 Å². The fourth-order valence-corrected chi connectivity index (χ4v) is 4.54. The molecule has 30 heavy (non-hydrogen) atoms. The number of sulfone groups is 1. The van der Waals surface area contributed by atoms with E-state index in [9.17, 15) is 8.42 Å². The molecule has 0 saturated carbocycles. The van der Waals surface area contributed by atoms with Crippen molar-refractivity contribution in [1.82, 2.24) is 0 Å². The van der Waals surface area contributed by atoms with Gasteiger partial charge < -0.3 is 0 Å². The van der Waals surface area contributed by atoms with Crippen molar-refractivity contribution in [2.24, 2.45) is 0 Å². The highest BCUT2D eigenvalue weighted by Gasteiger charge is 2.14. The summed E-state index contributed by atoms with van der Waals surface area (Å²) in [4.78, 5) is 0.332. The smallest absolute Gasteiger partial charge is 0.181 e. The summed E-state index contributed by atoms with van der Waals surface area (Å²) in [6.45, 7) is 0. The lowest BCUT2D eigenvalue weighted by molar-refractivity contribution is 0.599. The van der Waals surface area contributed by atoms with Gasteiger partial charge in [0.15, 0.2) is 9.84 Å². The molecule has 0 unspecified atom stereocenters. The van der Waals surface area contributed by atoms with Crippen LogP contribution in [0.4, 0.5) is 0 Å². The molecule has 4 aromatic rings. The Kier molecular flexibility index (Phi) is 5.92. The summed E-state index contributed by atoms with van der Waals surface area (Å²) in [6, 6.07) is 36.8. The second-order valence-corrected chi connectivity index (χ2v) is 9.06. The SMILES string of the molecule is O=S(=O)(CC=C(c1ccccc1)c1ccccc1)c1ccc(-c2ccccc2)cc1. The van der Waals surface area contributed by atoms with Gasteiger partial charge in [-0.05, 0) is 40.0 Å². The van der Waals surface area contributed by atoms with Crippen molar-refractivity contribution in [1.29, 1.82) is 0 Å². The van der Waals surface area contributed by atoms with Crippen molar-refractivity contribution < 1.29 is 8.42 Å². The van der Waals surface area contributed by atoms with Gasteiger partial charge in [0.05, 0.1) is 10.6 Å². The van der Waals surface area contributed by atoms with Crippen molar-refractivity contribution in [3.63, 3.8) is 0 Å². The lowest BCUT2D eigenvalue weighted by Gasteiger charge is -2.10. The monoisotopic (exact) mass is 410 g/mol. The van der Waals surface area contributed by atoms with Crippen LogP contribution >= 0.6 is 0 Å². The third-order valence-electron chi connectivity index (χ3n) is 5.00. The van der Waals surface area contributed by atoms with Crippen molar-refractivity contribution >= 4 is 15.4 Å². The molecule has 0 atom stereocenters. The predicted octanol–water partition coefficient (Wildman–Crippen LogP) is 6.26. The van der Waals surface area contributed by atoms with Gasteiger partial charge in [-0.3, -0.25) is 0 Å². The first kappa shape index (κ1) is 19.9. The molecule has 0 saturated heterocycles. The maximum atomic E-state index is 13.0. The zero-order valence-electron chi connectivity index (χ0n) is 16.5. The lowest BCUT2D eigenvalue weighted by Crippen LogP contribution is -2.05. The molecule has 0 N–H and O–H groups in total. The van der Waals surface area contributed by atoms with Crippen LogP contribution in [0.5, 0.6) is 0 Å². The lowest BCUT2D eigenvalue weighted by atomic mass is 9.98. The standard InChI is InChI=1S/C27H22O2S/c28-30(29,26-18-16-23(17-19-26)22-10-4-1-5-11-22)21-20-27(24-12-6-2-7-13-24)25-14-8-3-9-15-25/h1-20H,21H2. The van der Waals surface area contributed by atoms with Crippen molar-refractivity contribution in [2.45, 2.75) is 4.90 Å². The van der Waals surface area contributed by atoms with Crippen LogP contribution in [0, 0.1) is 0 Å². The van der Waals surface area contributed by atoms with Crippen molar-refractivity contribution in [2.75, 3.05) is 5.75 Å². The zero-order valence-corrected chi connectivity index (χ0v) is 17.3. The molecule has 0 bridgehead atoms. The van der Waals surface area contributed by atoms with Gasteiger partial charge in [0, 0.05) is 0 Å². The van der Waals surface area contributed by atoms with Crippen LogP contribution in [0.1, 0.15) is 11.1 Å². The van der Waals surface area contributed by atoms with Gasteiger partial charge in [-0.25, -0.2) is 8.42 Å². The molecule has 148 valence electrons. The molecule has 0 aromatic heterocycles. The van der Waals surface area contributed by atoms with Crippen LogP contribution < -0.4 is 0 Å². The molecule has 2 nitrogen and oxygen atoms in total. The zero-order chi connectivity index (χ0) is 20.8. The molecule has 4 rings (SSSR count). The maximum Gasteiger partial charge on any atom is 0.181 e. The van der Waals surface area contributed by atoms with E-state index in [2.05, 4.69) is 0 Å². The minimum Gasteiger partial charge on any atom is -0.223 e. The Hall–Kier alpha value is -3.43. The first-order valence-electron chi connectivity index (χ1n) is 9.83. The number of hydrogen-bond acceptors (Lipinski definition) is 2. The minimum absolute atomic E-state index is 0.0587. The molecule has 0 heterocycles. The minimum atomic E-state index is -3.45.